The van der Waals surface area contributed by atoms with E-state index in [0.29, 0.717) is 38.9 Å². The minimum Gasteiger partial charge on any atom is -0.467 e. The summed E-state index contributed by atoms with van der Waals surface area (Å²) in [6.45, 7) is 5.72. The number of benzene rings is 1. The highest BCUT2D eigenvalue weighted by Crippen LogP contribution is 2.26. The van der Waals surface area contributed by atoms with E-state index in [1.165, 1.54) is 11.1 Å². The molecule has 0 atom stereocenters. The smallest absolute Gasteiger partial charge is 0.227 e. The van der Waals surface area contributed by atoms with Gasteiger partial charge in [0, 0.05) is 30.0 Å². The van der Waals surface area contributed by atoms with Gasteiger partial charge in [-0.15, -0.1) is 0 Å². The number of nitrogens with zero attached hydrogens (tertiary/aromatic N) is 1. The van der Waals surface area contributed by atoms with E-state index in [1.54, 1.807) is 18.6 Å². The molecule has 6 heteroatoms. The Labute approximate surface area is 169 Å². The number of piperidine rings is 1. The molecule has 0 aliphatic carbocycles. The number of nitrogens with one attached hydrogen (secondary N) is 1. The Bertz CT molecular complexity index is 1010. The molecule has 1 N–H and O–H groups in total. The minimum atomic E-state index is -0.0607. The lowest BCUT2D eigenvalue weighted by Gasteiger charge is -2.31. The third kappa shape index (κ3) is 4.21. The number of likely N-dealkylation sites (tertiary alicyclic amines) is 1. The van der Waals surface area contributed by atoms with E-state index in [4.69, 9.17) is 8.83 Å². The van der Waals surface area contributed by atoms with Crippen molar-refractivity contribution in [1.29, 1.82) is 0 Å². The van der Waals surface area contributed by atoms with Crippen molar-refractivity contribution in [3.05, 3.63) is 59.2 Å². The average molecular weight is 394 g/mol. The normalized spacial score (nSPS) is 15.0. The molecule has 2 aromatic heterocycles. The van der Waals surface area contributed by atoms with Crippen LogP contribution < -0.4 is 5.32 Å². The average Bonchev–Trinajstić information content (AvgIpc) is 3.37. The van der Waals surface area contributed by atoms with Gasteiger partial charge in [0.25, 0.3) is 0 Å². The first-order valence-electron chi connectivity index (χ1n) is 10.1. The van der Waals surface area contributed by atoms with Gasteiger partial charge in [-0.25, -0.2) is 0 Å². The Balaban J connectivity index is 1.31. The summed E-state index contributed by atoms with van der Waals surface area (Å²) in [7, 11) is 0. The van der Waals surface area contributed by atoms with Crippen molar-refractivity contribution in [2.75, 3.05) is 13.1 Å². The highest BCUT2D eigenvalue weighted by molar-refractivity contribution is 5.88. The number of aryl methyl sites for hydroxylation is 2. The van der Waals surface area contributed by atoms with Crippen LogP contribution >= 0.6 is 0 Å². The Morgan fingerprint density at radius 2 is 1.90 bits per heavy atom. The standard InChI is InChI=1S/C23H26N2O4/c1-15-10-20-18(14-29-21(20)11-16(15)2)12-22(26)25-7-5-17(6-8-25)23(27)24-13-19-4-3-9-28-19/h3-4,9-11,14,17H,5-8,12-13H2,1-2H3,(H,24,27). The van der Waals surface area contributed by atoms with Gasteiger partial charge < -0.3 is 19.1 Å². The van der Waals surface area contributed by atoms with Crippen LogP contribution in [0.1, 0.15) is 35.3 Å². The number of amides is 2. The second-order valence-corrected chi connectivity index (χ2v) is 7.82. The van der Waals surface area contributed by atoms with Crippen LogP contribution in [0.25, 0.3) is 11.0 Å². The molecule has 1 saturated heterocycles. The van der Waals surface area contributed by atoms with E-state index in [2.05, 4.69) is 25.2 Å². The summed E-state index contributed by atoms with van der Waals surface area (Å²) in [6, 6.07) is 7.75. The Hall–Kier alpha value is -3.02. The maximum absolute atomic E-state index is 12.8. The van der Waals surface area contributed by atoms with Crippen molar-refractivity contribution in [1.82, 2.24) is 10.2 Å². The van der Waals surface area contributed by atoms with Crippen molar-refractivity contribution < 1.29 is 18.4 Å². The SMILES string of the molecule is Cc1cc2occ(CC(=O)N3CCC(C(=O)NCc4ccco4)CC3)c2cc1C. The van der Waals surface area contributed by atoms with Crippen LogP contribution in [-0.2, 0) is 22.6 Å². The van der Waals surface area contributed by atoms with E-state index in [1.807, 2.05) is 17.0 Å². The van der Waals surface area contributed by atoms with Crippen molar-refractivity contribution in [3.63, 3.8) is 0 Å². The van der Waals surface area contributed by atoms with Crippen LogP contribution in [0.5, 0.6) is 0 Å². The number of carbonyl (C=O) groups excluding carboxylic acids is 2. The summed E-state index contributed by atoms with van der Waals surface area (Å²) < 4.78 is 10.9. The Morgan fingerprint density at radius 1 is 1.14 bits per heavy atom. The summed E-state index contributed by atoms with van der Waals surface area (Å²) in [5.74, 6) is 0.790. The molecule has 1 aliphatic heterocycles. The monoisotopic (exact) mass is 394 g/mol. The molecule has 1 fully saturated rings. The lowest BCUT2D eigenvalue weighted by molar-refractivity contribution is -0.135. The molecule has 29 heavy (non-hydrogen) atoms. The van der Waals surface area contributed by atoms with Crippen molar-refractivity contribution in [2.24, 2.45) is 5.92 Å². The van der Waals surface area contributed by atoms with E-state index in [-0.39, 0.29) is 17.7 Å². The Morgan fingerprint density at radius 3 is 2.62 bits per heavy atom. The van der Waals surface area contributed by atoms with Gasteiger partial charge in [-0.3, -0.25) is 9.59 Å². The van der Waals surface area contributed by atoms with Crippen molar-refractivity contribution in [3.8, 4) is 0 Å². The molecule has 3 heterocycles. The molecule has 0 spiro atoms. The van der Waals surface area contributed by atoms with E-state index in [0.717, 1.165) is 22.3 Å². The second-order valence-electron chi connectivity index (χ2n) is 7.82. The van der Waals surface area contributed by atoms with E-state index < -0.39 is 0 Å². The van der Waals surface area contributed by atoms with Gasteiger partial charge >= 0.3 is 0 Å². The van der Waals surface area contributed by atoms with Gasteiger partial charge in [0.05, 0.1) is 25.5 Å². The number of hydrogen-bond acceptors (Lipinski definition) is 4. The van der Waals surface area contributed by atoms with Gasteiger partial charge in [-0.1, -0.05) is 0 Å². The molecule has 4 rings (SSSR count). The number of furan rings is 2. The lowest BCUT2D eigenvalue weighted by atomic mass is 9.95. The Kier molecular flexibility index (Phi) is 5.43. The van der Waals surface area contributed by atoms with Crippen molar-refractivity contribution in [2.45, 2.75) is 39.7 Å². The summed E-state index contributed by atoms with van der Waals surface area (Å²) in [5.41, 5.74) is 4.11. The molecular formula is C23H26N2O4. The third-order valence-corrected chi connectivity index (χ3v) is 5.85. The molecule has 2 amide bonds. The van der Waals surface area contributed by atoms with E-state index in [9.17, 15) is 9.59 Å². The number of carbonyl (C=O) groups is 2. The predicted octanol–water partition coefficient (Wildman–Crippen LogP) is 3.74. The summed E-state index contributed by atoms with van der Waals surface area (Å²) in [5, 5.41) is 3.92. The fourth-order valence-corrected chi connectivity index (χ4v) is 3.87. The molecule has 0 radical (unpaired) electrons. The first-order chi connectivity index (χ1) is 14.0. The second kappa shape index (κ2) is 8.15. The molecule has 1 aliphatic rings. The molecule has 0 unspecified atom stereocenters. The highest BCUT2D eigenvalue weighted by atomic mass is 16.3. The summed E-state index contributed by atoms with van der Waals surface area (Å²) in [6.07, 6.45) is 4.97. The predicted molar refractivity (Wildman–Crippen MR) is 109 cm³/mol. The first-order valence-corrected chi connectivity index (χ1v) is 10.1. The van der Waals surface area contributed by atoms with Crippen LogP contribution in [0, 0.1) is 19.8 Å². The first kappa shape index (κ1) is 19.3. The fourth-order valence-electron chi connectivity index (χ4n) is 3.87. The van der Waals surface area contributed by atoms with Gasteiger partial charge in [-0.05, 0) is 62.1 Å². The van der Waals surface area contributed by atoms with Gasteiger partial charge in [-0.2, -0.15) is 0 Å². The third-order valence-electron chi connectivity index (χ3n) is 5.85. The molecule has 152 valence electrons. The number of rotatable bonds is 5. The number of hydrogen-bond donors (Lipinski definition) is 1. The van der Waals surface area contributed by atoms with Crippen LogP contribution in [-0.4, -0.2) is 29.8 Å². The van der Waals surface area contributed by atoms with Crippen LogP contribution in [0.3, 0.4) is 0 Å². The maximum Gasteiger partial charge on any atom is 0.227 e. The largest absolute Gasteiger partial charge is 0.467 e. The van der Waals surface area contributed by atoms with Gasteiger partial charge in [0.1, 0.15) is 11.3 Å². The molecule has 1 aromatic carbocycles. The maximum atomic E-state index is 12.8. The quantitative estimate of drug-likeness (QED) is 0.715. The zero-order valence-corrected chi connectivity index (χ0v) is 16.9. The topological polar surface area (TPSA) is 75.7 Å². The van der Waals surface area contributed by atoms with E-state index >= 15 is 0 Å². The lowest BCUT2D eigenvalue weighted by Crippen LogP contribution is -2.43. The summed E-state index contributed by atoms with van der Waals surface area (Å²) in [4.78, 5) is 27.0. The van der Waals surface area contributed by atoms with Crippen LogP contribution in [0.2, 0.25) is 0 Å². The van der Waals surface area contributed by atoms with Crippen molar-refractivity contribution >= 4 is 22.8 Å². The minimum absolute atomic E-state index is 0.0279. The molecule has 0 bridgehead atoms. The highest BCUT2D eigenvalue weighted by Gasteiger charge is 2.27. The summed E-state index contributed by atoms with van der Waals surface area (Å²) >= 11 is 0. The zero-order valence-electron chi connectivity index (χ0n) is 16.9. The van der Waals surface area contributed by atoms with Crippen LogP contribution in [0.4, 0.5) is 0 Å². The zero-order chi connectivity index (χ0) is 20.4. The fraction of sp³-hybridized carbons (Fsp3) is 0.391. The van der Waals surface area contributed by atoms with Gasteiger partial charge in [0.2, 0.25) is 11.8 Å². The molecule has 3 aromatic rings. The molecular weight excluding hydrogens is 368 g/mol. The number of fused-ring (bicyclic) bond motifs is 1. The molecule has 6 nitrogen and oxygen atoms in total. The van der Waals surface area contributed by atoms with Gasteiger partial charge in [0.15, 0.2) is 0 Å². The van der Waals surface area contributed by atoms with Crippen LogP contribution in [0.15, 0.2) is 45.6 Å². The molecule has 0 saturated carbocycles.